The number of hydrogen-bond donors (Lipinski definition) is 1. The molecule has 1 aromatic carbocycles. The highest BCUT2D eigenvalue weighted by atomic mass is 35.5. The van der Waals surface area contributed by atoms with Gasteiger partial charge in [-0.2, -0.15) is 0 Å². The Morgan fingerprint density at radius 2 is 1.90 bits per heavy atom. The summed E-state index contributed by atoms with van der Waals surface area (Å²) >= 11 is 5.98. The first-order valence-electron chi connectivity index (χ1n) is 6.03. The molecule has 0 saturated carbocycles. The van der Waals surface area contributed by atoms with Crippen molar-refractivity contribution < 1.29 is 8.42 Å². The van der Waals surface area contributed by atoms with Crippen molar-refractivity contribution in [3.63, 3.8) is 0 Å². The largest absolute Gasteiger partial charge is 0.330 e. The molecule has 0 aliphatic heterocycles. The molecular formula is C13H22Cl2N2O2S. The van der Waals surface area contributed by atoms with Crippen LogP contribution in [0.4, 0.5) is 0 Å². The lowest BCUT2D eigenvalue weighted by atomic mass is 9.94. The Hall–Kier alpha value is -0.330. The smallest absolute Gasteiger partial charge is 0.242 e. The van der Waals surface area contributed by atoms with E-state index in [2.05, 4.69) is 0 Å². The van der Waals surface area contributed by atoms with E-state index in [1.807, 2.05) is 20.8 Å². The van der Waals surface area contributed by atoms with Gasteiger partial charge < -0.3 is 5.73 Å². The van der Waals surface area contributed by atoms with Gasteiger partial charge in [-0.1, -0.05) is 31.5 Å². The maximum absolute atomic E-state index is 12.4. The van der Waals surface area contributed by atoms with E-state index >= 15 is 0 Å². The van der Waals surface area contributed by atoms with Crippen LogP contribution >= 0.6 is 24.0 Å². The zero-order valence-electron chi connectivity index (χ0n) is 12.2. The van der Waals surface area contributed by atoms with E-state index in [9.17, 15) is 8.42 Å². The van der Waals surface area contributed by atoms with Crippen molar-refractivity contribution in [2.45, 2.75) is 25.7 Å². The van der Waals surface area contributed by atoms with E-state index < -0.39 is 10.0 Å². The fourth-order valence-corrected chi connectivity index (χ4v) is 3.30. The highest BCUT2D eigenvalue weighted by Crippen LogP contribution is 2.24. The summed E-state index contributed by atoms with van der Waals surface area (Å²) in [5.41, 5.74) is 6.22. The first-order chi connectivity index (χ1) is 8.60. The van der Waals surface area contributed by atoms with Crippen LogP contribution in [0, 0.1) is 12.3 Å². The third-order valence-electron chi connectivity index (χ3n) is 3.05. The van der Waals surface area contributed by atoms with Crippen LogP contribution < -0.4 is 5.73 Å². The molecule has 2 N–H and O–H groups in total. The fraction of sp³-hybridized carbons (Fsp3) is 0.538. The summed E-state index contributed by atoms with van der Waals surface area (Å²) in [5.74, 6) is 0. The van der Waals surface area contributed by atoms with Gasteiger partial charge >= 0.3 is 0 Å². The van der Waals surface area contributed by atoms with Crippen LogP contribution in [0.25, 0.3) is 0 Å². The molecular weight excluding hydrogens is 319 g/mol. The molecule has 0 unspecified atom stereocenters. The van der Waals surface area contributed by atoms with Crippen molar-refractivity contribution in [1.82, 2.24) is 4.31 Å². The Labute approximate surface area is 132 Å². The van der Waals surface area contributed by atoms with Crippen LogP contribution in [-0.2, 0) is 10.0 Å². The zero-order valence-corrected chi connectivity index (χ0v) is 14.6. The van der Waals surface area contributed by atoms with Gasteiger partial charge in [0, 0.05) is 18.6 Å². The standard InChI is InChI=1S/C13H21ClN2O2S.ClH/c1-10-5-6-11(7-12(10)14)19(17,18)16(4)9-13(2,3)8-15;/h5-7H,8-9,15H2,1-4H3;1H. The third-order valence-corrected chi connectivity index (χ3v) is 5.26. The maximum atomic E-state index is 12.4. The number of aryl methyl sites for hydroxylation is 1. The number of rotatable bonds is 5. The monoisotopic (exact) mass is 340 g/mol. The van der Waals surface area contributed by atoms with Gasteiger partial charge in [-0.05, 0) is 36.6 Å². The topological polar surface area (TPSA) is 63.4 Å². The van der Waals surface area contributed by atoms with Gasteiger partial charge in [0.05, 0.1) is 4.90 Å². The van der Waals surface area contributed by atoms with Crippen LogP contribution in [-0.4, -0.2) is 32.9 Å². The molecule has 0 aliphatic carbocycles. The predicted octanol–water partition coefficient (Wildman–Crippen LogP) is 2.68. The van der Waals surface area contributed by atoms with Crippen molar-refractivity contribution in [1.29, 1.82) is 0 Å². The molecule has 0 spiro atoms. The molecule has 0 fully saturated rings. The first kappa shape index (κ1) is 19.7. The van der Waals surface area contributed by atoms with Crippen LogP contribution in [0.2, 0.25) is 5.02 Å². The van der Waals surface area contributed by atoms with Crippen LogP contribution in [0.5, 0.6) is 0 Å². The fourth-order valence-electron chi connectivity index (χ4n) is 1.67. The van der Waals surface area contributed by atoms with Crippen molar-refractivity contribution >= 4 is 34.0 Å². The van der Waals surface area contributed by atoms with Crippen LogP contribution in [0.1, 0.15) is 19.4 Å². The average molecular weight is 341 g/mol. The Kier molecular flexibility index (Phi) is 6.97. The van der Waals surface area contributed by atoms with Gasteiger partial charge in [-0.15, -0.1) is 12.4 Å². The molecule has 1 aromatic rings. The van der Waals surface area contributed by atoms with Gasteiger partial charge in [-0.3, -0.25) is 0 Å². The normalized spacial score (nSPS) is 12.3. The molecule has 0 bridgehead atoms. The number of nitrogens with two attached hydrogens (primary N) is 1. The number of hydrogen-bond acceptors (Lipinski definition) is 3. The molecule has 4 nitrogen and oxygen atoms in total. The lowest BCUT2D eigenvalue weighted by Crippen LogP contribution is -2.39. The minimum Gasteiger partial charge on any atom is -0.330 e. The molecule has 20 heavy (non-hydrogen) atoms. The SMILES string of the molecule is Cc1ccc(S(=O)(=O)N(C)CC(C)(C)CN)cc1Cl.Cl. The third kappa shape index (κ3) is 4.60. The number of sulfonamides is 1. The summed E-state index contributed by atoms with van der Waals surface area (Å²) in [6, 6.07) is 4.76. The van der Waals surface area contributed by atoms with E-state index in [0.29, 0.717) is 18.1 Å². The van der Waals surface area contributed by atoms with E-state index in [0.717, 1.165) is 5.56 Å². The average Bonchev–Trinajstić information content (AvgIpc) is 2.32. The van der Waals surface area contributed by atoms with Crippen molar-refractivity contribution in [3.05, 3.63) is 28.8 Å². The molecule has 0 atom stereocenters. The molecule has 1 rings (SSSR count). The second kappa shape index (κ2) is 7.09. The summed E-state index contributed by atoms with van der Waals surface area (Å²) in [5, 5.41) is 0.451. The van der Waals surface area contributed by atoms with Gasteiger partial charge in [0.25, 0.3) is 0 Å². The molecule has 0 saturated heterocycles. The van der Waals surface area contributed by atoms with Crippen molar-refractivity contribution in [2.24, 2.45) is 11.1 Å². The van der Waals surface area contributed by atoms with E-state index in [1.54, 1.807) is 19.2 Å². The minimum atomic E-state index is -3.53. The predicted molar refractivity (Wildman–Crippen MR) is 86.1 cm³/mol. The Morgan fingerprint density at radius 1 is 1.35 bits per heavy atom. The van der Waals surface area contributed by atoms with Gasteiger partial charge in [0.15, 0.2) is 0 Å². The van der Waals surface area contributed by atoms with Gasteiger partial charge in [-0.25, -0.2) is 12.7 Å². The molecule has 116 valence electrons. The van der Waals surface area contributed by atoms with E-state index in [-0.39, 0.29) is 22.7 Å². The summed E-state index contributed by atoms with van der Waals surface area (Å²) in [4.78, 5) is 0.207. The summed E-state index contributed by atoms with van der Waals surface area (Å²) in [7, 11) is -1.97. The number of nitrogens with zero attached hydrogens (tertiary/aromatic N) is 1. The maximum Gasteiger partial charge on any atom is 0.242 e. The van der Waals surface area contributed by atoms with Crippen LogP contribution in [0.15, 0.2) is 23.1 Å². The summed E-state index contributed by atoms with van der Waals surface area (Å²) in [6.45, 7) is 6.47. The highest BCUT2D eigenvalue weighted by molar-refractivity contribution is 7.89. The van der Waals surface area contributed by atoms with Gasteiger partial charge in [0.2, 0.25) is 10.0 Å². The zero-order chi connectivity index (χ0) is 14.8. The Bertz CT molecular complexity index is 559. The summed E-state index contributed by atoms with van der Waals surface area (Å²) < 4.78 is 26.2. The second-order valence-corrected chi connectivity index (χ2v) is 7.99. The molecule has 7 heteroatoms. The molecule has 0 amide bonds. The van der Waals surface area contributed by atoms with Crippen molar-refractivity contribution in [3.8, 4) is 0 Å². The molecule has 0 radical (unpaired) electrons. The minimum absolute atomic E-state index is 0. The molecule has 0 aromatic heterocycles. The Morgan fingerprint density at radius 3 is 2.35 bits per heavy atom. The van der Waals surface area contributed by atoms with E-state index in [4.69, 9.17) is 17.3 Å². The van der Waals surface area contributed by atoms with Crippen LogP contribution in [0.3, 0.4) is 0 Å². The summed E-state index contributed by atoms with van der Waals surface area (Å²) in [6.07, 6.45) is 0. The highest BCUT2D eigenvalue weighted by Gasteiger charge is 2.27. The lowest BCUT2D eigenvalue weighted by molar-refractivity contribution is 0.292. The quantitative estimate of drug-likeness (QED) is 0.896. The molecule has 0 aliphatic rings. The molecule has 0 heterocycles. The Balaban J connectivity index is 0.00000361. The van der Waals surface area contributed by atoms with Gasteiger partial charge in [0.1, 0.15) is 0 Å². The number of benzene rings is 1. The lowest BCUT2D eigenvalue weighted by Gasteiger charge is -2.28. The van der Waals surface area contributed by atoms with Crippen molar-refractivity contribution in [2.75, 3.05) is 20.1 Å². The van der Waals surface area contributed by atoms with E-state index in [1.165, 1.54) is 10.4 Å². The number of halogens is 2. The second-order valence-electron chi connectivity index (χ2n) is 5.54. The first-order valence-corrected chi connectivity index (χ1v) is 7.84.